The molecule has 0 spiro atoms. The number of fused-ring (bicyclic) bond motifs is 1. The SMILES string of the molecule is CC(OSC(F)(F)F)c1cccc2ccccc12. The summed E-state index contributed by atoms with van der Waals surface area (Å²) in [4.78, 5) is 0. The minimum absolute atomic E-state index is 0.455. The maximum Gasteiger partial charge on any atom is 0.467 e. The van der Waals surface area contributed by atoms with Gasteiger partial charge >= 0.3 is 5.51 Å². The lowest BCUT2D eigenvalue weighted by Gasteiger charge is -2.15. The van der Waals surface area contributed by atoms with Gasteiger partial charge in [0.2, 0.25) is 0 Å². The Balaban J connectivity index is 2.25. The molecular formula is C13H11F3OS. The summed E-state index contributed by atoms with van der Waals surface area (Å²) in [5.74, 6) is 0. The van der Waals surface area contributed by atoms with Gasteiger partial charge in [-0.25, -0.2) is 0 Å². The van der Waals surface area contributed by atoms with E-state index in [1.165, 1.54) is 0 Å². The van der Waals surface area contributed by atoms with Crippen molar-refractivity contribution in [3.05, 3.63) is 48.0 Å². The van der Waals surface area contributed by atoms with Crippen molar-refractivity contribution < 1.29 is 17.4 Å². The predicted octanol–water partition coefficient (Wildman–Crippen LogP) is 5.09. The van der Waals surface area contributed by atoms with E-state index in [1.54, 1.807) is 13.0 Å². The normalized spacial score (nSPS) is 13.8. The molecule has 0 saturated carbocycles. The molecule has 2 aromatic rings. The number of benzene rings is 2. The largest absolute Gasteiger partial charge is 0.467 e. The van der Waals surface area contributed by atoms with E-state index in [9.17, 15) is 13.2 Å². The van der Waals surface area contributed by atoms with Crippen molar-refractivity contribution in [1.82, 2.24) is 0 Å². The van der Waals surface area contributed by atoms with E-state index in [-0.39, 0.29) is 0 Å². The van der Waals surface area contributed by atoms with Gasteiger partial charge in [-0.3, -0.25) is 0 Å². The van der Waals surface area contributed by atoms with Crippen molar-refractivity contribution in [2.45, 2.75) is 18.5 Å². The lowest BCUT2D eigenvalue weighted by atomic mass is 10.0. The second kappa shape index (κ2) is 5.20. The first-order valence-corrected chi connectivity index (χ1v) is 6.10. The summed E-state index contributed by atoms with van der Waals surface area (Å²) in [5, 5.41) is 1.90. The first kappa shape index (κ1) is 13.2. The first-order chi connectivity index (χ1) is 8.47. The minimum atomic E-state index is -4.38. The van der Waals surface area contributed by atoms with Crippen LogP contribution in [-0.2, 0) is 4.18 Å². The van der Waals surface area contributed by atoms with E-state index in [4.69, 9.17) is 4.18 Å². The fourth-order valence-corrected chi connectivity index (χ4v) is 2.14. The zero-order chi connectivity index (χ0) is 13.2. The third-order valence-electron chi connectivity index (χ3n) is 2.55. The van der Waals surface area contributed by atoms with Crippen LogP contribution in [0.25, 0.3) is 10.8 Å². The molecule has 0 bridgehead atoms. The Morgan fingerprint density at radius 3 is 2.44 bits per heavy atom. The summed E-state index contributed by atoms with van der Waals surface area (Å²) in [7, 11) is 0. The molecule has 0 heterocycles. The maximum absolute atomic E-state index is 12.1. The highest BCUT2D eigenvalue weighted by Crippen LogP contribution is 2.37. The monoisotopic (exact) mass is 272 g/mol. The van der Waals surface area contributed by atoms with Crippen LogP contribution in [0.1, 0.15) is 18.6 Å². The molecule has 1 unspecified atom stereocenters. The molecule has 0 aliphatic carbocycles. The number of rotatable bonds is 3. The Bertz CT molecular complexity index is 534. The van der Waals surface area contributed by atoms with Crippen LogP contribution < -0.4 is 0 Å². The van der Waals surface area contributed by atoms with Crippen LogP contribution in [-0.4, -0.2) is 5.51 Å². The van der Waals surface area contributed by atoms with Gasteiger partial charge in [0.05, 0.1) is 6.10 Å². The predicted molar refractivity (Wildman–Crippen MR) is 67.1 cm³/mol. The summed E-state index contributed by atoms with van der Waals surface area (Å²) in [6.45, 7) is 1.61. The molecular weight excluding hydrogens is 261 g/mol. The molecule has 0 aromatic heterocycles. The molecule has 1 nitrogen and oxygen atoms in total. The fourth-order valence-electron chi connectivity index (χ4n) is 1.78. The highest BCUT2D eigenvalue weighted by molar-refractivity contribution is 7.95. The molecule has 1 atom stereocenters. The summed E-state index contributed by atoms with van der Waals surface area (Å²) >= 11 is -0.455. The van der Waals surface area contributed by atoms with E-state index >= 15 is 0 Å². The lowest BCUT2D eigenvalue weighted by molar-refractivity contribution is -0.0415. The van der Waals surface area contributed by atoms with Crippen LogP contribution in [0.4, 0.5) is 13.2 Å². The van der Waals surface area contributed by atoms with Crippen LogP contribution in [0.3, 0.4) is 0 Å². The highest BCUT2D eigenvalue weighted by atomic mass is 32.2. The first-order valence-electron chi connectivity index (χ1n) is 5.36. The average molecular weight is 272 g/mol. The Morgan fingerprint density at radius 1 is 1.06 bits per heavy atom. The molecule has 0 radical (unpaired) electrons. The topological polar surface area (TPSA) is 9.23 Å². The maximum atomic E-state index is 12.1. The van der Waals surface area contributed by atoms with Gasteiger partial charge in [-0.05, 0) is 23.3 Å². The number of hydrogen-bond donors (Lipinski definition) is 0. The van der Waals surface area contributed by atoms with E-state index in [0.29, 0.717) is 0 Å². The summed E-state index contributed by atoms with van der Waals surface area (Å²) < 4.78 is 41.0. The Kier molecular flexibility index (Phi) is 3.82. The molecule has 0 aliphatic rings. The van der Waals surface area contributed by atoms with Crippen molar-refractivity contribution in [3.63, 3.8) is 0 Å². The van der Waals surface area contributed by atoms with E-state index in [1.807, 2.05) is 36.4 Å². The zero-order valence-electron chi connectivity index (χ0n) is 9.57. The number of halogens is 3. The summed E-state index contributed by atoms with van der Waals surface area (Å²) in [5.41, 5.74) is -3.62. The third-order valence-corrected chi connectivity index (χ3v) is 3.12. The molecule has 0 fully saturated rings. The molecule has 18 heavy (non-hydrogen) atoms. The van der Waals surface area contributed by atoms with Gasteiger partial charge in [-0.2, -0.15) is 13.2 Å². The molecule has 2 rings (SSSR count). The summed E-state index contributed by atoms with van der Waals surface area (Å²) in [6, 6.07) is 13.1. The van der Waals surface area contributed by atoms with Crippen molar-refractivity contribution in [2.75, 3.05) is 0 Å². The second-order valence-electron chi connectivity index (χ2n) is 3.84. The Hall–Kier alpha value is -1.20. The Labute approximate surface area is 107 Å². The van der Waals surface area contributed by atoms with E-state index in [2.05, 4.69) is 0 Å². The zero-order valence-corrected chi connectivity index (χ0v) is 10.4. The molecule has 0 saturated heterocycles. The number of hydrogen-bond acceptors (Lipinski definition) is 2. The van der Waals surface area contributed by atoms with Crippen LogP contribution in [0.2, 0.25) is 0 Å². The standard InChI is InChI=1S/C13H11F3OS/c1-9(17-18-13(14,15)16)11-8-4-6-10-5-2-3-7-12(10)11/h2-9H,1H3. The molecule has 5 heteroatoms. The Morgan fingerprint density at radius 2 is 1.72 bits per heavy atom. The minimum Gasteiger partial charge on any atom is -0.300 e. The van der Waals surface area contributed by atoms with Gasteiger partial charge in [-0.1, -0.05) is 42.5 Å². The van der Waals surface area contributed by atoms with Crippen molar-refractivity contribution in [2.24, 2.45) is 0 Å². The van der Waals surface area contributed by atoms with Gasteiger partial charge in [-0.15, -0.1) is 0 Å². The van der Waals surface area contributed by atoms with Gasteiger partial charge in [0, 0.05) is 0 Å². The molecule has 0 N–H and O–H groups in total. The second-order valence-corrected chi connectivity index (χ2v) is 4.66. The van der Waals surface area contributed by atoms with Gasteiger partial charge < -0.3 is 4.18 Å². The van der Waals surface area contributed by atoms with Crippen molar-refractivity contribution in [1.29, 1.82) is 0 Å². The third kappa shape index (κ3) is 3.17. The smallest absolute Gasteiger partial charge is 0.300 e. The molecule has 0 aliphatic heterocycles. The van der Waals surface area contributed by atoms with Gasteiger partial charge in [0.15, 0.2) is 0 Å². The van der Waals surface area contributed by atoms with Crippen LogP contribution in [0.5, 0.6) is 0 Å². The highest BCUT2D eigenvalue weighted by Gasteiger charge is 2.31. The lowest BCUT2D eigenvalue weighted by Crippen LogP contribution is -2.04. The molecule has 2 aromatic carbocycles. The quantitative estimate of drug-likeness (QED) is 0.720. The molecule has 0 amide bonds. The average Bonchev–Trinajstić information content (AvgIpc) is 2.34. The van der Waals surface area contributed by atoms with Crippen molar-refractivity contribution >= 4 is 22.8 Å². The number of alkyl halides is 3. The van der Waals surface area contributed by atoms with Gasteiger partial charge in [0.25, 0.3) is 0 Å². The van der Waals surface area contributed by atoms with Crippen LogP contribution in [0, 0.1) is 0 Å². The van der Waals surface area contributed by atoms with Crippen molar-refractivity contribution in [3.8, 4) is 0 Å². The van der Waals surface area contributed by atoms with Crippen LogP contribution >= 0.6 is 12.0 Å². The summed E-state index contributed by atoms with van der Waals surface area (Å²) in [6.07, 6.45) is -0.622. The van der Waals surface area contributed by atoms with E-state index < -0.39 is 23.7 Å². The van der Waals surface area contributed by atoms with E-state index in [0.717, 1.165) is 16.3 Å². The van der Waals surface area contributed by atoms with Gasteiger partial charge in [0.1, 0.15) is 12.0 Å². The van der Waals surface area contributed by atoms with Crippen LogP contribution in [0.15, 0.2) is 42.5 Å². The fraction of sp³-hybridized carbons (Fsp3) is 0.231. The molecule has 96 valence electrons.